The van der Waals surface area contributed by atoms with E-state index in [2.05, 4.69) is 5.32 Å². The van der Waals surface area contributed by atoms with E-state index in [0.29, 0.717) is 0 Å². The van der Waals surface area contributed by atoms with E-state index in [-0.39, 0.29) is 23.8 Å². The lowest BCUT2D eigenvalue weighted by molar-refractivity contribution is -0.314. The minimum absolute atomic E-state index is 0.108. The van der Waals surface area contributed by atoms with E-state index >= 15 is 0 Å². The maximum atomic E-state index is 12.6. The second kappa shape index (κ2) is 6.22. The molecular formula is C18H22NO4-. The van der Waals surface area contributed by atoms with Crippen LogP contribution in [0.4, 0.5) is 0 Å². The number of carboxylic acids is 1. The minimum Gasteiger partial charge on any atom is -0.550 e. The van der Waals surface area contributed by atoms with Gasteiger partial charge in [0.1, 0.15) is 5.75 Å². The summed E-state index contributed by atoms with van der Waals surface area (Å²) in [6.07, 6.45) is 2.69. The van der Waals surface area contributed by atoms with Crippen molar-refractivity contribution < 1.29 is 19.4 Å². The predicted molar refractivity (Wildman–Crippen MR) is 82.4 cm³/mol. The molecule has 0 spiro atoms. The number of nitrogens with one attached hydrogen (secondary N) is 1. The topological polar surface area (TPSA) is 78.5 Å². The van der Waals surface area contributed by atoms with Crippen molar-refractivity contribution in [3.05, 3.63) is 29.8 Å². The lowest BCUT2D eigenvalue weighted by Gasteiger charge is -2.31. The number of benzene rings is 1. The Morgan fingerprint density at radius 3 is 2.35 bits per heavy atom. The van der Waals surface area contributed by atoms with Gasteiger partial charge in [-0.15, -0.1) is 0 Å². The van der Waals surface area contributed by atoms with Gasteiger partial charge in [-0.3, -0.25) is 4.79 Å². The zero-order valence-electron chi connectivity index (χ0n) is 13.5. The summed E-state index contributed by atoms with van der Waals surface area (Å²) in [6, 6.07) is 7.33. The highest BCUT2D eigenvalue weighted by Gasteiger charge is 2.51. The van der Waals surface area contributed by atoms with Gasteiger partial charge in [0, 0.05) is 17.8 Å². The molecule has 1 aromatic carbocycles. The Labute approximate surface area is 136 Å². The van der Waals surface area contributed by atoms with Gasteiger partial charge in [0.25, 0.3) is 0 Å². The van der Waals surface area contributed by atoms with Crippen molar-refractivity contribution in [3.63, 3.8) is 0 Å². The number of methoxy groups -OCH3 is 1. The van der Waals surface area contributed by atoms with Crippen LogP contribution in [-0.2, 0) is 9.59 Å². The molecule has 3 rings (SSSR count). The molecule has 0 heterocycles. The fourth-order valence-electron chi connectivity index (χ4n) is 4.29. The highest BCUT2D eigenvalue weighted by atomic mass is 16.5. The number of hydrogen-bond acceptors (Lipinski definition) is 4. The smallest absolute Gasteiger partial charge is 0.224 e. The van der Waals surface area contributed by atoms with Crippen LogP contribution < -0.4 is 15.2 Å². The first kappa shape index (κ1) is 15.8. The molecule has 5 nitrogen and oxygen atoms in total. The normalized spacial score (nSPS) is 30.0. The number of carbonyl (C=O) groups excluding carboxylic acids is 2. The van der Waals surface area contributed by atoms with E-state index in [1.807, 2.05) is 31.2 Å². The van der Waals surface area contributed by atoms with Gasteiger partial charge in [0.05, 0.1) is 13.2 Å². The number of amides is 1. The molecule has 1 amide bonds. The molecule has 2 fully saturated rings. The molecule has 5 heteroatoms. The fourth-order valence-corrected chi connectivity index (χ4v) is 4.29. The van der Waals surface area contributed by atoms with Crippen LogP contribution in [0.1, 0.15) is 37.8 Å². The van der Waals surface area contributed by atoms with Gasteiger partial charge in [-0.25, -0.2) is 0 Å². The number of hydrogen-bond donors (Lipinski definition) is 1. The van der Waals surface area contributed by atoms with Gasteiger partial charge in [-0.1, -0.05) is 12.1 Å². The van der Waals surface area contributed by atoms with Gasteiger partial charge in [-0.05, 0) is 55.7 Å². The summed E-state index contributed by atoms with van der Waals surface area (Å²) in [6.45, 7) is 1.90. The number of carboxylic acid groups (broad SMARTS) is 1. The largest absolute Gasteiger partial charge is 0.550 e. The Morgan fingerprint density at radius 1 is 1.17 bits per heavy atom. The van der Waals surface area contributed by atoms with Crippen molar-refractivity contribution in [1.29, 1.82) is 0 Å². The number of carbonyl (C=O) groups is 2. The maximum absolute atomic E-state index is 12.6. The van der Waals surface area contributed by atoms with Gasteiger partial charge < -0.3 is 20.0 Å². The summed E-state index contributed by atoms with van der Waals surface area (Å²) >= 11 is 0. The highest BCUT2D eigenvalue weighted by Crippen LogP contribution is 2.52. The molecule has 0 radical (unpaired) electrons. The second-order valence-corrected chi connectivity index (χ2v) is 6.71. The summed E-state index contributed by atoms with van der Waals surface area (Å²) in [7, 11) is 1.61. The first-order chi connectivity index (χ1) is 11.0. The molecule has 0 aromatic heterocycles. The molecular weight excluding hydrogens is 294 g/mol. The number of rotatable bonds is 5. The van der Waals surface area contributed by atoms with Gasteiger partial charge >= 0.3 is 0 Å². The average molecular weight is 316 g/mol. The average Bonchev–Trinajstić information content (AvgIpc) is 3.15. The van der Waals surface area contributed by atoms with Crippen molar-refractivity contribution in [2.75, 3.05) is 7.11 Å². The molecule has 1 N–H and O–H groups in total. The molecule has 2 aliphatic carbocycles. The highest BCUT2D eigenvalue weighted by molar-refractivity contribution is 5.85. The van der Waals surface area contributed by atoms with Crippen molar-refractivity contribution in [3.8, 4) is 5.75 Å². The first-order valence-corrected chi connectivity index (χ1v) is 8.16. The Kier molecular flexibility index (Phi) is 4.28. The van der Waals surface area contributed by atoms with Gasteiger partial charge in [-0.2, -0.15) is 0 Å². The van der Waals surface area contributed by atoms with E-state index in [1.165, 1.54) is 0 Å². The summed E-state index contributed by atoms with van der Waals surface area (Å²) in [5.41, 5.74) is 0.965. The fraction of sp³-hybridized carbons (Fsp3) is 0.556. The predicted octanol–water partition coefficient (Wildman–Crippen LogP) is 1.28. The first-order valence-electron chi connectivity index (χ1n) is 8.16. The second-order valence-electron chi connectivity index (χ2n) is 6.71. The van der Waals surface area contributed by atoms with Crippen LogP contribution >= 0.6 is 0 Å². The lowest BCUT2D eigenvalue weighted by Crippen LogP contribution is -2.46. The Hall–Kier alpha value is -2.04. The van der Waals surface area contributed by atoms with E-state index < -0.39 is 17.8 Å². The number of aliphatic carboxylic acids is 1. The van der Waals surface area contributed by atoms with Crippen LogP contribution in [-0.4, -0.2) is 19.0 Å². The van der Waals surface area contributed by atoms with Crippen LogP contribution in [0.25, 0.3) is 0 Å². The third-order valence-corrected chi connectivity index (χ3v) is 5.47. The third kappa shape index (κ3) is 2.92. The Bertz CT molecular complexity index is 598. The standard InChI is InChI=1S/C18H23NO4/c1-10(11-5-7-14(23-2)8-6-11)19-17(20)15-12-3-4-13(9-12)16(15)18(21)22/h5-8,10,12-13,15-16H,3-4,9H2,1-2H3,(H,19,20)(H,21,22)/p-1/t10-,12+,13+,15-,16+/m1/s1. The maximum Gasteiger partial charge on any atom is 0.224 e. The molecule has 5 atom stereocenters. The molecule has 2 bridgehead atoms. The zero-order chi connectivity index (χ0) is 16.6. The summed E-state index contributed by atoms with van der Waals surface area (Å²) < 4.78 is 5.13. The van der Waals surface area contributed by atoms with Crippen LogP contribution in [0.3, 0.4) is 0 Å². The molecule has 124 valence electrons. The molecule has 0 unspecified atom stereocenters. The van der Waals surface area contributed by atoms with Crippen molar-refractivity contribution in [2.24, 2.45) is 23.7 Å². The van der Waals surface area contributed by atoms with Crippen molar-refractivity contribution >= 4 is 11.9 Å². The number of fused-ring (bicyclic) bond motifs is 2. The van der Waals surface area contributed by atoms with Crippen LogP contribution in [0.2, 0.25) is 0 Å². The molecule has 0 saturated heterocycles. The number of ether oxygens (including phenoxy) is 1. The molecule has 0 aliphatic heterocycles. The van der Waals surface area contributed by atoms with Crippen molar-refractivity contribution in [2.45, 2.75) is 32.2 Å². The molecule has 1 aromatic rings. The van der Waals surface area contributed by atoms with Crippen LogP contribution in [0.5, 0.6) is 5.75 Å². The monoisotopic (exact) mass is 316 g/mol. The van der Waals surface area contributed by atoms with E-state index in [9.17, 15) is 14.7 Å². The zero-order valence-corrected chi connectivity index (χ0v) is 13.5. The molecule has 2 aliphatic rings. The lowest BCUT2D eigenvalue weighted by atomic mass is 9.78. The molecule has 23 heavy (non-hydrogen) atoms. The third-order valence-electron chi connectivity index (χ3n) is 5.47. The quantitative estimate of drug-likeness (QED) is 0.888. The van der Waals surface area contributed by atoms with Crippen LogP contribution in [0, 0.1) is 23.7 Å². The van der Waals surface area contributed by atoms with E-state index in [4.69, 9.17) is 4.74 Å². The van der Waals surface area contributed by atoms with Crippen LogP contribution in [0.15, 0.2) is 24.3 Å². The summed E-state index contributed by atoms with van der Waals surface area (Å²) in [4.78, 5) is 24.1. The van der Waals surface area contributed by atoms with E-state index in [0.717, 1.165) is 30.6 Å². The summed E-state index contributed by atoms with van der Waals surface area (Å²) in [5, 5.41) is 14.4. The van der Waals surface area contributed by atoms with Gasteiger partial charge in [0.15, 0.2) is 0 Å². The Balaban J connectivity index is 1.69. The Morgan fingerprint density at radius 2 is 1.78 bits per heavy atom. The SMILES string of the molecule is COc1ccc([C@@H](C)NC(=O)[C@@H]2[C@H]3CC[C@@H](C3)[C@@H]2C(=O)[O-])cc1. The van der Waals surface area contributed by atoms with Crippen molar-refractivity contribution in [1.82, 2.24) is 5.32 Å². The van der Waals surface area contributed by atoms with E-state index in [1.54, 1.807) is 7.11 Å². The minimum atomic E-state index is -1.07. The summed E-state index contributed by atoms with van der Waals surface area (Å²) in [5.74, 6) is -1.25. The van der Waals surface area contributed by atoms with Gasteiger partial charge in [0.2, 0.25) is 5.91 Å². The molecule has 2 saturated carbocycles.